The minimum absolute atomic E-state index is 0.323. The van der Waals surface area contributed by atoms with Gasteiger partial charge in [0.2, 0.25) is 0 Å². The summed E-state index contributed by atoms with van der Waals surface area (Å²) < 4.78 is 5.41. The van der Waals surface area contributed by atoms with Crippen molar-refractivity contribution in [1.82, 2.24) is 5.32 Å². The topological polar surface area (TPSA) is 21.3 Å². The van der Waals surface area contributed by atoms with E-state index < -0.39 is 0 Å². The van der Waals surface area contributed by atoms with Crippen LogP contribution in [0, 0.1) is 13.8 Å². The number of hydrogen-bond donors (Lipinski definition) is 1. The quantitative estimate of drug-likeness (QED) is 0.796. The average Bonchev–Trinajstić information content (AvgIpc) is 2.15. The van der Waals surface area contributed by atoms with E-state index in [0.717, 1.165) is 5.75 Å². The van der Waals surface area contributed by atoms with Gasteiger partial charge in [-0.2, -0.15) is 0 Å². The van der Waals surface area contributed by atoms with Gasteiger partial charge in [0.05, 0.1) is 7.11 Å². The molecule has 0 bridgehead atoms. The minimum Gasteiger partial charge on any atom is -0.496 e. The van der Waals surface area contributed by atoms with Crippen molar-refractivity contribution in [3.8, 4) is 5.75 Å². The fourth-order valence-electron chi connectivity index (χ4n) is 1.74. The molecule has 0 saturated heterocycles. The van der Waals surface area contributed by atoms with E-state index in [1.807, 2.05) is 7.05 Å². The summed E-state index contributed by atoms with van der Waals surface area (Å²) in [6.45, 7) is 6.33. The largest absolute Gasteiger partial charge is 0.496 e. The standard InChI is InChI=1S/C12H19NO/c1-8-6-9(2)12(14-5)11(7-8)10(3)13-4/h6-7,10,13H,1-5H3. The zero-order valence-corrected chi connectivity index (χ0v) is 9.64. The lowest BCUT2D eigenvalue weighted by atomic mass is 10.0. The molecule has 0 fully saturated rings. The Balaban J connectivity index is 3.24. The van der Waals surface area contributed by atoms with Crippen LogP contribution in [0.25, 0.3) is 0 Å². The molecule has 0 heterocycles. The summed E-state index contributed by atoms with van der Waals surface area (Å²) >= 11 is 0. The first-order valence-electron chi connectivity index (χ1n) is 4.92. The van der Waals surface area contributed by atoms with Crippen LogP contribution >= 0.6 is 0 Å². The molecule has 0 aliphatic carbocycles. The highest BCUT2D eigenvalue weighted by Gasteiger charge is 2.12. The first-order chi connectivity index (χ1) is 6.60. The lowest BCUT2D eigenvalue weighted by Crippen LogP contribution is -2.14. The van der Waals surface area contributed by atoms with Gasteiger partial charge in [-0.1, -0.05) is 17.7 Å². The SMILES string of the molecule is CNC(C)c1cc(C)cc(C)c1OC. The van der Waals surface area contributed by atoms with Crippen molar-refractivity contribution >= 4 is 0 Å². The normalized spacial score (nSPS) is 12.6. The predicted octanol–water partition coefficient (Wildman–Crippen LogP) is 2.59. The van der Waals surface area contributed by atoms with Crippen LogP contribution in [0.15, 0.2) is 12.1 Å². The Hall–Kier alpha value is -1.02. The Morgan fingerprint density at radius 2 is 1.93 bits per heavy atom. The average molecular weight is 193 g/mol. The Morgan fingerprint density at radius 3 is 2.43 bits per heavy atom. The maximum Gasteiger partial charge on any atom is 0.126 e. The van der Waals surface area contributed by atoms with Crippen molar-refractivity contribution in [3.05, 3.63) is 28.8 Å². The minimum atomic E-state index is 0.323. The molecule has 78 valence electrons. The molecule has 14 heavy (non-hydrogen) atoms. The molecule has 0 aliphatic heterocycles. The summed E-state index contributed by atoms with van der Waals surface area (Å²) in [7, 11) is 3.69. The second kappa shape index (κ2) is 4.47. The van der Waals surface area contributed by atoms with Gasteiger partial charge in [-0.3, -0.25) is 0 Å². The summed E-state index contributed by atoms with van der Waals surface area (Å²) in [4.78, 5) is 0. The molecule has 2 heteroatoms. The van der Waals surface area contributed by atoms with Crippen molar-refractivity contribution in [2.45, 2.75) is 26.8 Å². The van der Waals surface area contributed by atoms with Crippen LogP contribution in [-0.4, -0.2) is 14.2 Å². The number of nitrogens with one attached hydrogen (secondary N) is 1. The second-order valence-corrected chi connectivity index (χ2v) is 3.71. The van der Waals surface area contributed by atoms with Crippen molar-refractivity contribution < 1.29 is 4.74 Å². The summed E-state index contributed by atoms with van der Waals surface area (Å²) in [6, 6.07) is 4.64. The lowest BCUT2D eigenvalue weighted by Gasteiger charge is -2.17. The van der Waals surface area contributed by atoms with Gasteiger partial charge >= 0.3 is 0 Å². The van der Waals surface area contributed by atoms with Gasteiger partial charge in [-0.25, -0.2) is 0 Å². The van der Waals surface area contributed by atoms with Crippen molar-refractivity contribution in [2.24, 2.45) is 0 Å². The van der Waals surface area contributed by atoms with Gasteiger partial charge < -0.3 is 10.1 Å². The van der Waals surface area contributed by atoms with E-state index in [4.69, 9.17) is 4.74 Å². The third-order valence-electron chi connectivity index (χ3n) is 2.55. The van der Waals surface area contributed by atoms with Gasteiger partial charge in [0, 0.05) is 11.6 Å². The Labute approximate surface area is 86.3 Å². The molecule has 1 N–H and O–H groups in total. The van der Waals surface area contributed by atoms with Gasteiger partial charge in [0.25, 0.3) is 0 Å². The summed E-state index contributed by atoms with van der Waals surface area (Å²) in [5, 5.41) is 3.23. The molecule has 0 aliphatic rings. The number of aryl methyl sites for hydroxylation is 2. The van der Waals surface area contributed by atoms with Crippen molar-refractivity contribution in [2.75, 3.05) is 14.2 Å². The molecule has 1 rings (SSSR count). The molecular weight excluding hydrogens is 174 g/mol. The zero-order valence-electron chi connectivity index (χ0n) is 9.64. The second-order valence-electron chi connectivity index (χ2n) is 3.71. The van der Waals surface area contributed by atoms with Crippen LogP contribution in [0.1, 0.15) is 29.7 Å². The third-order valence-corrected chi connectivity index (χ3v) is 2.55. The van der Waals surface area contributed by atoms with E-state index in [-0.39, 0.29) is 0 Å². The van der Waals surface area contributed by atoms with Gasteiger partial charge in [-0.15, -0.1) is 0 Å². The highest BCUT2D eigenvalue weighted by Crippen LogP contribution is 2.29. The zero-order chi connectivity index (χ0) is 10.7. The summed E-state index contributed by atoms with van der Waals surface area (Å²) in [5.74, 6) is 0.998. The van der Waals surface area contributed by atoms with Crippen LogP contribution in [0.4, 0.5) is 0 Å². The fraction of sp³-hybridized carbons (Fsp3) is 0.500. The monoisotopic (exact) mass is 193 g/mol. The van der Waals surface area contributed by atoms with Gasteiger partial charge in [-0.05, 0) is 33.4 Å². The number of benzene rings is 1. The smallest absolute Gasteiger partial charge is 0.126 e. The first kappa shape index (κ1) is 11.1. The number of methoxy groups -OCH3 is 1. The molecule has 0 aromatic heterocycles. The number of rotatable bonds is 3. The molecule has 0 amide bonds. The molecule has 0 radical (unpaired) electrons. The lowest BCUT2D eigenvalue weighted by molar-refractivity contribution is 0.400. The fourth-order valence-corrected chi connectivity index (χ4v) is 1.74. The number of hydrogen-bond acceptors (Lipinski definition) is 2. The first-order valence-corrected chi connectivity index (χ1v) is 4.92. The van der Waals surface area contributed by atoms with Gasteiger partial charge in [0.15, 0.2) is 0 Å². The highest BCUT2D eigenvalue weighted by atomic mass is 16.5. The number of ether oxygens (including phenoxy) is 1. The molecule has 1 atom stereocenters. The summed E-state index contributed by atoms with van der Waals surface area (Å²) in [6.07, 6.45) is 0. The van der Waals surface area contributed by atoms with Crippen LogP contribution in [0.2, 0.25) is 0 Å². The van der Waals surface area contributed by atoms with Crippen LogP contribution < -0.4 is 10.1 Å². The van der Waals surface area contributed by atoms with E-state index in [0.29, 0.717) is 6.04 Å². The van der Waals surface area contributed by atoms with E-state index in [1.54, 1.807) is 7.11 Å². The molecule has 1 unspecified atom stereocenters. The van der Waals surface area contributed by atoms with E-state index in [1.165, 1.54) is 16.7 Å². The molecular formula is C12H19NO. The Morgan fingerprint density at radius 1 is 1.29 bits per heavy atom. The summed E-state index contributed by atoms with van der Waals surface area (Å²) in [5.41, 5.74) is 3.71. The molecule has 2 nitrogen and oxygen atoms in total. The van der Waals surface area contributed by atoms with Gasteiger partial charge in [0.1, 0.15) is 5.75 Å². The maximum absolute atomic E-state index is 5.41. The molecule has 0 spiro atoms. The Kier molecular flexibility index (Phi) is 3.53. The molecule has 1 aromatic rings. The highest BCUT2D eigenvalue weighted by molar-refractivity contribution is 5.45. The van der Waals surface area contributed by atoms with Crippen LogP contribution in [-0.2, 0) is 0 Å². The van der Waals surface area contributed by atoms with E-state index in [2.05, 4.69) is 38.2 Å². The maximum atomic E-state index is 5.41. The van der Waals surface area contributed by atoms with E-state index in [9.17, 15) is 0 Å². The van der Waals surface area contributed by atoms with Crippen LogP contribution in [0.3, 0.4) is 0 Å². The third kappa shape index (κ3) is 2.07. The molecule has 0 saturated carbocycles. The Bertz CT molecular complexity index is 320. The van der Waals surface area contributed by atoms with Crippen molar-refractivity contribution in [3.63, 3.8) is 0 Å². The van der Waals surface area contributed by atoms with Crippen LogP contribution in [0.5, 0.6) is 5.75 Å². The molecule has 1 aromatic carbocycles. The predicted molar refractivity (Wildman–Crippen MR) is 59.9 cm³/mol. The van der Waals surface area contributed by atoms with Crippen molar-refractivity contribution in [1.29, 1.82) is 0 Å². The van der Waals surface area contributed by atoms with E-state index >= 15 is 0 Å².